The zero-order valence-electron chi connectivity index (χ0n) is 13.4. The van der Waals surface area contributed by atoms with Crippen LogP contribution in [0.5, 0.6) is 0 Å². The second-order valence-electron chi connectivity index (χ2n) is 6.14. The summed E-state index contributed by atoms with van der Waals surface area (Å²) < 4.78 is 30.3. The summed E-state index contributed by atoms with van der Waals surface area (Å²) in [4.78, 5) is 0.322. The van der Waals surface area contributed by atoms with Gasteiger partial charge in [0.05, 0.1) is 4.90 Å². The Morgan fingerprint density at radius 3 is 2.68 bits per heavy atom. The van der Waals surface area contributed by atoms with Crippen LogP contribution < -0.4 is 0 Å². The minimum atomic E-state index is -3.50. The van der Waals surface area contributed by atoms with Crippen molar-refractivity contribution in [1.82, 2.24) is 18.9 Å². The fourth-order valence-corrected chi connectivity index (χ4v) is 5.05. The number of fused-ring (bicyclic) bond motifs is 1. The molecule has 25 heavy (non-hydrogen) atoms. The molecular weight excluding hydrogens is 404 g/mol. The van der Waals surface area contributed by atoms with E-state index >= 15 is 0 Å². The Balaban J connectivity index is 1.63. The molecule has 2 aromatic heterocycles. The number of aromatic nitrogens is 3. The lowest BCUT2D eigenvalue weighted by Crippen LogP contribution is -2.39. The van der Waals surface area contributed by atoms with E-state index in [0.29, 0.717) is 18.0 Å². The number of rotatable bonds is 3. The maximum atomic E-state index is 12.9. The second kappa shape index (κ2) is 6.51. The highest BCUT2D eigenvalue weighted by Crippen LogP contribution is 2.30. The molecule has 130 valence electrons. The fourth-order valence-electron chi connectivity index (χ4n) is 3.27. The predicted octanol–water partition coefficient (Wildman–Crippen LogP) is 3.06. The Labute approximate surface area is 154 Å². The van der Waals surface area contributed by atoms with Crippen molar-refractivity contribution in [2.75, 3.05) is 13.1 Å². The lowest BCUT2D eigenvalue weighted by molar-refractivity contribution is 0.308. The van der Waals surface area contributed by atoms with Crippen LogP contribution >= 0.6 is 15.9 Å². The lowest BCUT2D eigenvalue weighted by atomic mass is 9.99. The smallest absolute Gasteiger partial charge is 0.243 e. The van der Waals surface area contributed by atoms with Gasteiger partial charge in [0.1, 0.15) is 5.82 Å². The molecule has 4 rings (SSSR count). The average molecular weight is 421 g/mol. The average Bonchev–Trinajstić information content (AvgIpc) is 3.06. The summed E-state index contributed by atoms with van der Waals surface area (Å²) in [5.41, 5.74) is 0.783. The van der Waals surface area contributed by atoms with Gasteiger partial charge in [0.25, 0.3) is 0 Å². The Hall–Kier alpha value is -1.77. The first-order valence-electron chi connectivity index (χ1n) is 8.11. The Morgan fingerprint density at radius 1 is 1.08 bits per heavy atom. The van der Waals surface area contributed by atoms with Gasteiger partial charge in [0.2, 0.25) is 10.0 Å². The number of piperidine rings is 1. The molecule has 0 aliphatic carbocycles. The number of halogens is 1. The minimum absolute atomic E-state index is 0.0383. The van der Waals surface area contributed by atoms with Gasteiger partial charge >= 0.3 is 0 Å². The summed E-state index contributed by atoms with van der Waals surface area (Å²) >= 11 is 3.34. The molecule has 0 saturated carbocycles. The number of pyridine rings is 1. The van der Waals surface area contributed by atoms with Crippen molar-refractivity contribution in [3.8, 4) is 0 Å². The number of sulfonamides is 1. The molecule has 1 aliphatic heterocycles. The third-order valence-electron chi connectivity index (χ3n) is 4.54. The third kappa shape index (κ3) is 3.09. The van der Waals surface area contributed by atoms with E-state index in [4.69, 9.17) is 0 Å². The summed E-state index contributed by atoms with van der Waals surface area (Å²) in [6.45, 7) is 0.958. The summed E-state index contributed by atoms with van der Waals surface area (Å²) in [5, 5.41) is 8.49. The van der Waals surface area contributed by atoms with E-state index in [1.165, 1.54) is 0 Å². The molecule has 0 amide bonds. The van der Waals surface area contributed by atoms with Crippen molar-refractivity contribution in [2.24, 2.45) is 0 Å². The molecule has 0 bridgehead atoms. The summed E-state index contributed by atoms with van der Waals surface area (Å²) in [6.07, 6.45) is 3.64. The first kappa shape index (κ1) is 16.7. The van der Waals surface area contributed by atoms with Gasteiger partial charge in [-0.1, -0.05) is 22.0 Å². The Kier molecular flexibility index (Phi) is 4.35. The highest BCUT2D eigenvalue weighted by Gasteiger charge is 2.32. The molecule has 6 nitrogen and oxygen atoms in total. The van der Waals surface area contributed by atoms with Crippen molar-refractivity contribution in [2.45, 2.75) is 23.7 Å². The van der Waals surface area contributed by atoms with Gasteiger partial charge in [-0.3, -0.25) is 4.40 Å². The van der Waals surface area contributed by atoms with Crippen LogP contribution in [0.15, 0.2) is 58.0 Å². The first-order chi connectivity index (χ1) is 12.1. The number of benzene rings is 1. The quantitative estimate of drug-likeness (QED) is 0.652. The van der Waals surface area contributed by atoms with Crippen molar-refractivity contribution in [1.29, 1.82) is 0 Å². The van der Waals surface area contributed by atoms with Gasteiger partial charge in [-0.2, -0.15) is 4.31 Å². The highest BCUT2D eigenvalue weighted by atomic mass is 79.9. The Morgan fingerprint density at radius 2 is 1.88 bits per heavy atom. The van der Waals surface area contributed by atoms with Gasteiger partial charge in [0.15, 0.2) is 5.65 Å². The SMILES string of the molecule is O=S(=O)(c1ccc(Br)cc1)N1CCCC(c2nnc3ccccn23)C1. The Bertz CT molecular complexity index is 1000. The van der Waals surface area contributed by atoms with Gasteiger partial charge < -0.3 is 0 Å². The molecule has 1 unspecified atom stereocenters. The largest absolute Gasteiger partial charge is 0.286 e. The normalized spacial score (nSPS) is 19.3. The molecule has 1 saturated heterocycles. The lowest BCUT2D eigenvalue weighted by Gasteiger charge is -2.31. The third-order valence-corrected chi connectivity index (χ3v) is 6.95. The van der Waals surface area contributed by atoms with Crippen LogP contribution in [-0.4, -0.2) is 40.4 Å². The monoisotopic (exact) mass is 420 g/mol. The molecule has 0 radical (unpaired) electrons. The number of nitrogens with zero attached hydrogens (tertiary/aromatic N) is 4. The number of hydrogen-bond acceptors (Lipinski definition) is 4. The van der Waals surface area contributed by atoms with E-state index in [-0.39, 0.29) is 5.92 Å². The molecule has 8 heteroatoms. The minimum Gasteiger partial charge on any atom is -0.286 e. The van der Waals surface area contributed by atoms with Gasteiger partial charge in [-0.25, -0.2) is 8.42 Å². The van der Waals surface area contributed by atoms with Crippen LogP contribution in [-0.2, 0) is 10.0 Å². The zero-order chi connectivity index (χ0) is 17.4. The van der Waals surface area contributed by atoms with Crippen LogP contribution in [0.3, 0.4) is 0 Å². The molecule has 1 aliphatic rings. The van der Waals surface area contributed by atoms with Crippen molar-refractivity contribution in [3.63, 3.8) is 0 Å². The second-order valence-corrected chi connectivity index (χ2v) is 9.00. The van der Waals surface area contributed by atoms with Gasteiger partial charge in [0, 0.05) is 29.7 Å². The maximum absolute atomic E-state index is 12.9. The van der Waals surface area contributed by atoms with E-state index < -0.39 is 10.0 Å². The van der Waals surface area contributed by atoms with Gasteiger partial charge in [-0.15, -0.1) is 10.2 Å². The van der Waals surface area contributed by atoms with Crippen molar-refractivity contribution in [3.05, 3.63) is 59.0 Å². The van der Waals surface area contributed by atoms with Crippen molar-refractivity contribution >= 4 is 31.6 Å². The molecule has 1 aromatic carbocycles. The molecule has 1 atom stereocenters. The van der Waals surface area contributed by atoms with E-state index in [0.717, 1.165) is 28.8 Å². The van der Waals surface area contributed by atoms with E-state index in [1.54, 1.807) is 28.6 Å². The molecule has 3 aromatic rings. The standard InChI is InChI=1S/C17H17BrN4O2S/c18-14-6-8-15(9-7-14)25(23,24)21-10-3-4-13(12-21)17-20-19-16-5-1-2-11-22(16)17/h1-2,5-9,11,13H,3-4,10,12H2. The molecule has 0 spiro atoms. The summed E-state index contributed by atoms with van der Waals surface area (Å²) in [6, 6.07) is 12.5. The molecule has 3 heterocycles. The van der Waals surface area contributed by atoms with E-state index in [2.05, 4.69) is 26.1 Å². The molecule has 0 N–H and O–H groups in total. The molecule has 1 fully saturated rings. The fraction of sp³-hybridized carbons (Fsp3) is 0.294. The first-order valence-corrected chi connectivity index (χ1v) is 10.3. The molecular formula is C17H17BrN4O2S. The summed E-state index contributed by atoms with van der Waals surface area (Å²) in [5.74, 6) is 0.864. The van der Waals surface area contributed by atoms with Crippen molar-refractivity contribution < 1.29 is 8.42 Å². The number of hydrogen-bond donors (Lipinski definition) is 0. The predicted molar refractivity (Wildman–Crippen MR) is 97.9 cm³/mol. The van der Waals surface area contributed by atoms with E-state index in [9.17, 15) is 8.42 Å². The van der Waals surface area contributed by atoms with Crippen LogP contribution in [0, 0.1) is 0 Å². The van der Waals surface area contributed by atoms with Gasteiger partial charge in [-0.05, 0) is 49.2 Å². The summed E-state index contributed by atoms with van der Waals surface area (Å²) in [7, 11) is -3.50. The highest BCUT2D eigenvalue weighted by molar-refractivity contribution is 9.10. The topological polar surface area (TPSA) is 67.6 Å². The van der Waals surface area contributed by atoms with Crippen LogP contribution in [0.4, 0.5) is 0 Å². The van der Waals surface area contributed by atoms with Crippen LogP contribution in [0.25, 0.3) is 5.65 Å². The zero-order valence-corrected chi connectivity index (χ0v) is 15.8. The maximum Gasteiger partial charge on any atom is 0.243 e. The van der Waals surface area contributed by atoms with Crippen LogP contribution in [0.2, 0.25) is 0 Å². The van der Waals surface area contributed by atoms with E-state index in [1.807, 2.05) is 28.8 Å². The van der Waals surface area contributed by atoms with Crippen LogP contribution in [0.1, 0.15) is 24.6 Å².